The highest BCUT2D eigenvalue weighted by Crippen LogP contribution is 2.37. The van der Waals surface area contributed by atoms with Crippen LogP contribution < -0.4 is 10.1 Å². The van der Waals surface area contributed by atoms with Gasteiger partial charge in [-0.3, -0.25) is 4.79 Å². The first-order chi connectivity index (χ1) is 15.2. The average molecular weight is 434 g/mol. The van der Waals surface area contributed by atoms with Crippen LogP contribution in [0.1, 0.15) is 34.1 Å². The molecule has 3 heterocycles. The molecule has 1 amide bonds. The van der Waals surface area contributed by atoms with Crippen LogP contribution in [0.4, 0.5) is 4.39 Å². The van der Waals surface area contributed by atoms with Gasteiger partial charge in [-0.15, -0.1) is 11.8 Å². The Balaban J connectivity index is 1.23. The lowest BCUT2D eigenvalue weighted by atomic mass is 10.0. The molecule has 2 aromatic carbocycles. The second-order valence-corrected chi connectivity index (χ2v) is 8.44. The van der Waals surface area contributed by atoms with Crippen molar-refractivity contribution in [2.75, 3.05) is 5.75 Å². The molecule has 1 N–H and O–H groups in total. The summed E-state index contributed by atoms with van der Waals surface area (Å²) in [4.78, 5) is 17.9. The molecule has 0 saturated carbocycles. The Bertz CT molecular complexity index is 1210. The first-order valence-corrected chi connectivity index (χ1v) is 11.0. The van der Waals surface area contributed by atoms with E-state index in [0.717, 1.165) is 29.1 Å². The molecule has 0 aliphatic carbocycles. The highest BCUT2D eigenvalue weighted by molar-refractivity contribution is 7.99. The number of imidazole rings is 1. The maximum atomic E-state index is 14.1. The number of carbonyl (C=O) groups is 1. The molecule has 5 rings (SSSR count). The predicted octanol–water partition coefficient (Wildman–Crippen LogP) is 5.02. The fraction of sp³-hybridized carbons (Fsp3) is 0.167. The van der Waals surface area contributed by atoms with Crippen LogP contribution in [-0.2, 0) is 6.61 Å². The molecule has 0 bridgehead atoms. The van der Waals surface area contributed by atoms with Crippen LogP contribution in [0, 0.1) is 5.82 Å². The van der Waals surface area contributed by atoms with E-state index in [1.807, 2.05) is 41.1 Å². The number of thioether (sulfide) groups is 1. The molecule has 0 unspecified atom stereocenters. The number of amides is 1. The highest BCUT2D eigenvalue weighted by Gasteiger charge is 2.24. The van der Waals surface area contributed by atoms with Crippen LogP contribution in [0.15, 0.2) is 78.0 Å². The van der Waals surface area contributed by atoms with E-state index in [1.54, 1.807) is 30.3 Å². The molecule has 0 spiro atoms. The van der Waals surface area contributed by atoms with Gasteiger partial charge in [-0.25, -0.2) is 9.37 Å². The lowest BCUT2D eigenvalue weighted by Crippen LogP contribution is -2.30. The molecule has 1 aliphatic rings. The van der Waals surface area contributed by atoms with Crippen LogP contribution in [0.2, 0.25) is 0 Å². The maximum absolute atomic E-state index is 14.1. The molecule has 4 aromatic rings. The van der Waals surface area contributed by atoms with Crippen molar-refractivity contribution in [3.63, 3.8) is 0 Å². The van der Waals surface area contributed by atoms with Crippen molar-refractivity contribution < 1.29 is 13.9 Å². The minimum Gasteiger partial charge on any atom is -0.487 e. The molecule has 0 radical (unpaired) electrons. The van der Waals surface area contributed by atoms with E-state index < -0.39 is 0 Å². The van der Waals surface area contributed by atoms with Crippen LogP contribution in [0.25, 0.3) is 5.65 Å². The molecule has 1 atom stereocenters. The fourth-order valence-corrected chi connectivity index (χ4v) is 4.84. The van der Waals surface area contributed by atoms with Crippen molar-refractivity contribution in [1.82, 2.24) is 14.7 Å². The number of hydrogen-bond donors (Lipinski definition) is 1. The molecule has 7 heteroatoms. The number of carbonyl (C=O) groups excluding carboxylic acids is 1. The third-order valence-electron chi connectivity index (χ3n) is 5.25. The number of halogens is 1. The molecular formula is C24H20FN3O2S. The third kappa shape index (κ3) is 4.14. The Morgan fingerprint density at radius 2 is 2.03 bits per heavy atom. The van der Waals surface area contributed by atoms with Crippen molar-refractivity contribution in [3.8, 4) is 5.75 Å². The number of rotatable bonds is 5. The van der Waals surface area contributed by atoms with Gasteiger partial charge in [0, 0.05) is 28.6 Å². The molecule has 0 saturated heterocycles. The van der Waals surface area contributed by atoms with Gasteiger partial charge in [0.05, 0.1) is 11.7 Å². The van der Waals surface area contributed by atoms with E-state index in [-0.39, 0.29) is 17.8 Å². The average Bonchev–Trinajstić information content (AvgIpc) is 3.22. The summed E-state index contributed by atoms with van der Waals surface area (Å²) in [7, 11) is 0. The van der Waals surface area contributed by atoms with Crippen LogP contribution in [0.3, 0.4) is 0 Å². The van der Waals surface area contributed by atoms with Crippen LogP contribution in [-0.4, -0.2) is 21.0 Å². The lowest BCUT2D eigenvalue weighted by Gasteiger charge is -2.26. The zero-order chi connectivity index (χ0) is 21.2. The van der Waals surface area contributed by atoms with Crippen molar-refractivity contribution in [1.29, 1.82) is 0 Å². The number of nitrogens with one attached hydrogen (secondary N) is 1. The molecule has 1 aliphatic heterocycles. The van der Waals surface area contributed by atoms with E-state index in [0.29, 0.717) is 22.8 Å². The van der Waals surface area contributed by atoms with Gasteiger partial charge in [-0.1, -0.05) is 18.2 Å². The Kier molecular flexibility index (Phi) is 5.34. The van der Waals surface area contributed by atoms with Crippen LogP contribution >= 0.6 is 11.8 Å². The predicted molar refractivity (Wildman–Crippen MR) is 118 cm³/mol. The fourth-order valence-electron chi connectivity index (χ4n) is 3.69. The normalized spacial score (nSPS) is 15.5. The second-order valence-electron chi connectivity index (χ2n) is 7.33. The summed E-state index contributed by atoms with van der Waals surface area (Å²) in [6.07, 6.45) is 4.64. The number of aromatic nitrogens is 2. The van der Waals surface area contributed by atoms with E-state index in [1.165, 1.54) is 17.8 Å². The Morgan fingerprint density at radius 3 is 2.87 bits per heavy atom. The number of benzene rings is 2. The first-order valence-electron chi connectivity index (χ1n) is 10.0. The van der Waals surface area contributed by atoms with Gasteiger partial charge in [0.25, 0.3) is 5.91 Å². The van der Waals surface area contributed by atoms with Gasteiger partial charge in [-0.2, -0.15) is 0 Å². The van der Waals surface area contributed by atoms with E-state index in [4.69, 9.17) is 4.74 Å². The Labute approximate surface area is 183 Å². The summed E-state index contributed by atoms with van der Waals surface area (Å²) in [5.41, 5.74) is 3.08. The van der Waals surface area contributed by atoms with E-state index >= 15 is 0 Å². The summed E-state index contributed by atoms with van der Waals surface area (Å²) in [6, 6.07) is 17.7. The molecule has 31 heavy (non-hydrogen) atoms. The second kappa shape index (κ2) is 8.43. The zero-order valence-corrected chi connectivity index (χ0v) is 17.4. The quantitative estimate of drug-likeness (QED) is 0.480. The van der Waals surface area contributed by atoms with Gasteiger partial charge < -0.3 is 14.5 Å². The molecule has 2 aromatic heterocycles. The minimum atomic E-state index is -0.228. The minimum absolute atomic E-state index is 0.181. The van der Waals surface area contributed by atoms with Crippen LogP contribution in [0.5, 0.6) is 5.75 Å². The van der Waals surface area contributed by atoms with Crippen molar-refractivity contribution in [2.45, 2.75) is 24.0 Å². The molecular weight excluding hydrogens is 413 g/mol. The van der Waals surface area contributed by atoms with Crippen molar-refractivity contribution in [2.24, 2.45) is 0 Å². The summed E-state index contributed by atoms with van der Waals surface area (Å²) >= 11 is 1.50. The van der Waals surface area contributed by atoms with E-state index in [2.05, 4.69) is 10.3 Å². The summed E-state index contributed by atoms with van der Waals surface area (Å²) in [6.45, 7) is 0.343. The van der Waals surface area contributed by atoms with Crippen molar-refractivity contribution >= 4 is 23.3 Å². The number of nitrogens with zero attached hydrogens (tertiary/aromatic N) is 2. The van der Waals surface area contributed by atoms with Crippen molar-refractivity contribution in [3.05, 3.63) is 95.7 Å². The topological polar surface area (TPSA) is 55.6 Å². The SMILES string of the molecule is O=C(N[C@@H]1CCSc2c(F)cccc21)c1ccc(OCc2cn3ccccc3n2)cc1. The molecule has 0 fully saturated rings. The third-order valence-corrected chi connectivity index (χ3v) is 6.41. The number of ether oxygens (including phenoxy) is 1. The van der Waals surface area contributed by atoms with E-state index in [9.17, 15) is 9.18 Å². The summed E-state index contributed by atoms with van der Waals surface area (Å²) < 4.78 is 21.8. The Morgan fingerprint density at radius 1 is 1.16 bits per heavy atom. The summed E-state index contributed by atoms with van der Waals surface area (Å²) in [5, 5.41) is 3.04. The van der Waals surface area contributed by atoms with Gasteiger partial charge in [0.15, 0.2) is 0 Å². The van der Waals surface area contributed by atoms with Gasteiger partial charge in [0.1, 0.15) is 23.8 Å². The summed E-state index contributed by atoms with van der Waals surface area (Å²) in [5.74, 6) is 1.02. The highest BCUT2D eigenvalue weighted by atomic mass is 32.2. The van der Waals surface area contributed by atoms with Gasteiger partial charge in [0.2, 0.25) is 0 Å². The number of pyridine rings is 1. The monoisotopic (exact) mass is 433 g/mol. The van der Waals surface area contributed by atoms with Gasteiger partial charge in [-0.05, 0) is 54.4 Å². The number of hydrogen-bond acceptors (Lipinski definition) is 4. The standard InChI is InChI=1S/C24H20FN3O2S/c25-20-5-3-4-19-21(11-13-31-23(19)20)27-24(29)16-7-9-18(10-8-16)30-15-17-14-28-12-2-1-6-22(28)26-17/h1-10,12,14,21H,11,13,15H2,(H,27,29)/t21-/m1/s1. The number of fused-ring (bicyclic) bond motifs is 2. The maximum Gasteiger partial charge on any atom is 0.251 e. The molecule has 156 valence electrons. The largest absolute Gasteiger partial charge is 0.487 e. The zero-order valence-electron chi connectivity index (χ0n) is 16.6. The lowest BCUT2D eigenvalue weighted by molar-refractivity contribution is 0.0934. The first kappa shape index (κ1) is 19.6. The molecule has 5 nitrogen and oxygen atoms in total. The Hall–Kier alpha value is -3.32. The smallest absolute Gasteiger partial charge is 0.251 e. The van der Waals surface area contributed by atoms with Gasteiger partial charge >= 0.3 is 0 Å².